The van der Waals surface area contributed by atoms with Crippen molar-refractivity contribution in [1.29, 1.82) is 0 Å². The van der Waals surface area contributed by atoms with Crippen molar-refractivity contribution in [3.63, 3.8) is 0 Å². The number of carbonyl (C=O) groups is 1. The molecule has 0 saturated heterocycles. The molecule has 0 aromatic heterocycles. The van der Waals surface area contributed by atoms with Crippen LogP contribution in [0, 0.1) is 0 Å². The van der Waals surface area contributed by atoms with E-state index in [-0.39, 0.29) is 12.5 Å². The van der Waals surface area contributed by atoms with E-state index in [4.69, 9.17) is 23.2 Å². The molecule has 110 valence electrons. The number of carbonyl (C=O) groups excluding carboxylic acids is 1. The van der Waals surface area contributed by atoms with Gasteiger partial charge in [0, 0.05) is 8.95 Å². The van der Waals surface area contributed by atoms with Crippen LogP contribution in [0.15, 0.2) is 45.3 Å². The molecule has 0 fully saturated rings. The van der Waals surface area contributed by atoms with Gasteiger partial charge in [0.2, 0.25) is 5.91 Å². The number of para-hydroxylation sites is 1. The van der Waals surface area contributed by atoms with Gasteiger partial charge in [-0.05, 0) is 40.2 Å². The first kappa shape index (κ1) is 16.6. The molecule has 7 heteroatoms. The molecule has 0 aliphatic carbocycles. The molecular formula is C14H10Br2Cl2N2O. The molecule has 21 heavy (non-hydrogen) atoms. The van der Waals surface area contributed by atoms with E-state index >= 15 is 0 Å². The predicted octanol–water partition coefficient (Wildman–Crippen LogP) is 5.57. The maximum Gasteiger partial charge on any atom is 0.243 e. The molecule has 2 rings (SSSR count). The monoisotopic (exact) mass is 450 g/mol. The van der Waals surface area contributed by atoms with Crippen molar-refractivity contribution in [3.05, 3.63) is 55.4 Å². The molecule has 0 saturated carbocycles. The number of halogens is 4. The highest BCUT2D eigenvalue weighted by molar-refractivity contribution is 9.10. The third-order valence-corrected chi connectivity index (χ3v) is 4.33. The van der Waals surface area contributed by atoms with Crippen LogP contribution in [0.5, 0.6) is 0 Å². The van der Waals surface area contributed by atoms with Crippen molar-refractivity contribution in [1.82, 2.24) is 0 Å². The Morgan fingerprint density at radius 2 is 1.71 bits per heavy atom. The van der Waals surface area contributed by atoms with Gasteiger partial charge in [-0.3, -0.25) is 4.79 Å². The summed E-state index contributed by atoms with van der Waals surface area (Å²) < 4.78 is 1.60. The van der Waals surface area contributed by atoms with E-state index in [0.29, 0.717) is 21.4 Å². The number of hydrogen-bond donors (Lipinski definition) is 2. The lowest BCUT2D eigenvalue weighted by molar-refractivity contribution is -0.114. The maximum absolute atomic E-state index is 11.9. The van der Waals surface area contributed by atoms with Crippen molar-refractivity contribution in [2.45, 2.75) is 0 Å². The minimum absolute atomic E-state index is 0.0579. The second kappa shape index (κ2) is 7.49. The lowest BCUT2D eigenvalue weighted by atomic mass is 10.3. The van der Waals surface area contributed by atoms with E-state index in [1.54, 1.807) is 12.1 Å². The third-order valence-electron chi connectivity index (χ3n) is 2.58. The van der Waals surface area contributed by atoms with Gasteiger partial charge in [-0.1, -0.05) is 51.3 Å². The van der Waals surface area contributed by atoms with E-state index in [1.807, 2.05) is 24.3 Å². The molecule has 2 N–H and O–H groups in total. The molecule has 2 aromatic rings. The van der Waals surface area contributed by atoms with E-state index in [9.17, 15) is 4.79 Å². The van der Waals surface area contributed by atoms with Crippen LogP contribution >= 0.6 is 55.1 Å². The van der Waals surface area contributed by atoms with Crippen LogP contribution in [-0.4, -0.2) is 12.5 Å². The standard InChI is InChI=1S/C14H10Br2Cl2N2O/c15-8-5-10(17)14(11(18)6-8)19-7-13(21)20-12-4-2-1-3-9(12)16/h1-6,19H,7H2,(H,20,21). The average Bonchev–Trinajstić information content (AvgIpc) is 2.40. The fraction of sp³-hybridized carbons (Fsp3) is 0.0714. The molecule has 0 aliphatic rings. The van der Waals surface area contributed by atoms with Crippen LogP contribution < -0.4 is 10.6 Å². The largest absolute Gasteiger partial charge is 0.374 e. The summed E-state index contributed by atoms with van der Waals surface area (Å²) in [7, 11) is 0. The van der Waals surface area contributed by atoms with Crippen LogP contribution in [0.3, 0.4) is 0 Å². The van der Waals surface area contributed by atoms with Crippen molar-refractivity contribution >= 4 is 72.3 Å². The quantitative estimate of drug-likeness (QED) is 0.636. The first-order valence-electron chi connectivity index (χ1n) is 5.90. The van der Waals surface area contributed by atoms with Crippen LogP contribution in [0.25, 0.3) is 0 Å². The Morgan fingerprint density at radius 3 is 2.33 bits per heavy atom. The Bertz CT molecular complexity index is 657. The summed E-state index contributed by atoms with van der Waals surface area (Å²) in [4.78, 5) is 11.9. The molecule has 1 amide bonds. The summed E-state index contributed by atoms with van der Waals surface area (Å²) in [5, 5.41) is 6.62. The molecule has 0 atom stereocenters. The number of anilines is 2. The van der Waals surface area contributed by atoms with Crippen molar-refractivity contribution < 1.29 is 4.79 Å². The van der Waals surface area contributed by atoms with Gasteiger partial charge in [-0.15, -0.1) is 0 Å². The first-order chi connectivity index (χ1) is 9.97. The van der Waals surface area contributed by atoms with Crippen LogP contribution in [0.4, 0.5) is 11.4 Å². The second-order valence-electron chi connectivity index (χ2n) is 4.13. The van der Waals surface area contributed by atoms with Gasteiger partial charge in [0.05, 0.1) is 28.0 Å². The van der Waals surface area contributed by atoms with Crippen molar-refractivity contribution in [2.24, 2.45) is 0 Å². The Labute approximate surface area is 149 Å². The number of benzene rings is 2. The van der Waals surface area contributed by atoms with Crippen LogP contribution in [-0.2, 0) is 4.79 Å². The fourth-order valence-electron chi connectivity index (χ4n) is 1.64. The summed E-state index contributed by atoms with van der Waals surface area (Å²) in [6, 6.07) is 10.8. The highest BCUT2D eigenvalue weighted by Gasteiger charge is 2.10. The topological polar surface area (TPSA) is 41.1 Å². The van der Waals surface area contributed by atoms with E-state index in [1.165, 1.54) is 0 Å². The van der Waals surface area contributed by atoms with E-state index < -0.39 is 0 Å². The van der Waals surface area contributed by atoms with Gasteiger partial charge in [0.1, 0.15) is 0 Å². The zero-order valence-electron chi connectivity index (χ0n) is 10.6. The Morgan fingerprint density at radius 1 is 1.10 bits per heavy atom. The fourth-order valence-corrected chi connectivity index (χ4v) is 3.36. The normalized spacial score (nSPS) is 10.3. The van der Waals surface area contributed by atoms with E-state index in [2.05, 4.69) is 42.5 Å². The minimum atomic E-state index is -0.197. The minimum Gasteiger partial charge on any atom is -0.374 e. The molecule has 0 unspecified atom stereocenters. The van der Waals surface area contributed by atoms with Gasteiger partial charge in [-0.25, -0.2) is 0 Å². The van der Waals surface area contributed by atoms with E-state index in [0.717, 1.165) is 8.95 Å². The number of rotatable bonds is 4. The highest BCUT2D eigenvalue weighted by Crippen LogP contribution is 2.33. The lowest BCUT2D eigenvalue weighted by Crippen LogP contribution is -2.22. The second-order valence-corrected chi connectivity index (χ2v) is 6.71. The summed E-state index contributed by atoms with van der Waals surface area (Å²) in [6.07, 6.45) is 0. The summed E-state index contributed by atoms with van der Waals surface area (Å²) >= 11 is 18.8. The summed E-state index contributed by atoms with van der Waals surface area (Å²) in [5.41, 5.74) is 1.24. The van der Waals surface area contributed by atoms with Crippen LogP contribution in [0.2, 0.25) is 10.0 Å². The Balaban J connectivity index is 2.01. The first-order valence-corrected chi connectivity index (χ1v) is 8.24. The Kier molecular flexibility index (Phi) is 5.93. The van der Waals surface area contributed by atoms with Crippen molar-refractivity contribution in [2.75, 3.05) is 17.2 Å². The number of nitrogens with one attached hydrogen (secondary N) is 2. The predicted molar refractivity (Wildman–Crippen MR) is 95.4 cm³/mol. The third kappa shape index (κ3) is 4.61. The Hall–Kier alpha value is -0.750. The van der Waals surface area contributed by atoms with Gasteiger partial charge < -0.3 is 10.6 Å². The molecular weight excluding hydrogens is 443 g/mol. The zero-order valence-corrected chi connectivity index (χ0v) is 15.3. The van der Waals surface area contributed by atoms with Gasteiger partial charge in [0.25, 0.3) is 0 Å². The van der Waals surface area contributed by atoms with Gasteiger partial charge >= 0.3 is 0 Å². The number of hydrogen-bond acceptors (Lipinski definition) is 2. The molecule has 2 aromatic carbocycles. The molecule has 0 spiro atoms. The molecule has 0 aliphatic heterocycles. The zero-order chi connectivity index (χ0) is 15.4. The highest BCUT2D eigenvalue weighted by atomic mass is 79.9. The summed E-state index contributed by atoms with van der Waals surface area (Å²) in [6.45, 7) is 0.0579. The van der Waals surface area contributed by atoms with Gasteiger partial charge in [-0.2, -0.15) is 0 Å². The number of amides is 1. The van der Waals surface area contributed by atoms with Crippen molar-refractivity contribution in [3.8, 4) is 0 Å². The summed E-state index contributed by atoms with van der Waals surface area (Å²) in [5.74, 6) is -0.197. The molecule has 0 heterocycles. The molecule has 3 nitrogen and oxygen atoms in total. The molecule has 0 bridgehead atoms. The SMILES string of the molecule is O=C(CNc1c(Cl)cc(Br)cc1Cl)Nc1ccccc1Br. The maximum atomic E-state index is 11.9. The van der Waals surface area contributed by atoms with Gasteiger partial charge in [0.15, 0.2) is 0 Å². The smallest absolute Gasteiger partial charge is 0.243 e. The van der Waals surface area contributed by atoms with Crippen LogP contribution in [0.1, 0.15) is 0 Å². The molecule has 0 radical (unpaired) electrons. The average molecular weight is 453 g/mol. The lowest BCUT2D eigenvalue weighted by Gasteiger charge is -2.12.